The highest BCUT2D eigenvalue weighted by atomic mass is 16.5. The van der Waals surface area contributed by atoms with Gasteiger partial charge in [0.05, 0.1) is 11.7 Å². The van der Waals surface area contributed by atoms with Gasteiger partial charge in [-0.25, -0.2) is 0 Å². The Morgan fingerprint density at radius 1 is 1.20 bits per heavy atom. The second-order valence-electron chi connectivity index (χ2n) is 12.3. The molecule has 0 radical (unpaired) electrons. The van der Waals surface area contributed by atoms with Crippen molar-refractivity contribution in [3.05, 3.63) is 34.9 Å². The van der Waals surface area contributed by atoms with E-state index in [1.165, 1.54) is 31.3 Å². The summed E-state index contributed by atoms with van der Waals surface area (Å²) in [6.07, 6.45) is 13.4. The Hall–Kier alpha value is -0.980. The highest BCUT2D eigenvalue weighted by molar-refractivity contribution is 5.38. The number of fused-ring (bicyclic) bond motifs is 1. The molecule has 0 aromatic heterocycles. The molecule has 0 saturated heterocycles. The van der Waals surface area contributed by atoms with Crippen molar-refractivity contribution in [3.8, 4) is 0 Å². The molecule has 0 spiro atoms. The summed E-state index contributed by atoms with van der Waals surface area (Å²) in [5.41, 5.74) is 3.00. The molecule has 0 amide bonds. The van der Waals surface area contributed by atoms with E-state index in [1.807, 2.05) is 20.8 Å². The van der Waals surface area contributed by atoms with E-state index >= 15 is 0 Å². The van der Waals surface area contributed by atoms with Crippen LogP contribution >= 0.6 is 0 Å². The van der Waals surface area contributed by atoms with Gasteiger partial charge in [0.15, 0.2) is 0 Å². The summed E-state index contributed by atoms with van der Waals surface area (Å²) in [5.74, 6) is 1.93. The Labute approximate surface area is 213 Å². The first kappa shape index (κ1) is 28.6. The molecule has 5 heteroatoms. The van der Waals surface area contributed by atoms with Gasteiger partial charge in [0.1, 0.15) is 12.2 Å². The molecule has 3 aliphatic carbocycles. The largest absolute Gasteiger partial charge is 0.396 e. The molecule has 3 rings (SSSR count). The highest BCUT2D eigenvalue weighted by Crippen LogP contribution is 2.58. The molecule has 4 N–H and O–H groups in total. The molecule has 5 nitrogen and oxygen atoms in total. The van der Waals surface area contributed by atoms with E-state index in [4.69, 9.17) is 9.84 Å². The van der Waals surface area contributed by atoms with Crippen molar-refractivity contribution in [2.45, 2.75) is 116 Å². The quantitative estimate of drug-likeness (QED) is 0.303. The Morgan fingerprint density at radius 2 is 1.94 bits per heavy atom. The van der Waals surface area contributed by atoms with Crippen molar-refractivity contribution in [2.75, 3.05) is 13.2 Å². The van der Waals surface area contributed by atoms with Gasteiger partial charge in [-0.1, -0.05) is 44.9 Å². The summed E-state index contributed by atoms with van der Waals surface area (Å²) < 4.78 is 5.67. The molecule has 0 heterocycles. The van der Waals surface area contributed by atoms with Crippen molar-refractivity contribution >= 4 is 0 Å². The van der Waals surface area contributed by atoms with Gasteiger partial charge in [0.25, 0.3) is 0 Å². The molecule has 200 valence electrons. The minimum atomic E-state index is -0.830. The van der Waals surface area contributed by atoms with Crippen molar-refractivity contribution in [2.24, 2.45) is 23.2 Å². The van der Waals surface area contributed by atoms with Gasteiger partial charge < -0.3 is 25.2 Å². The maximum Gasteiger partial charge on any atom is 0.113 e. The fourth-order valence-corrected chi connectivity index (χ4v) is 7.07. The lowest BCUT2D eigenvalue weighted by atomic mass is 9.62. The molecule has 35 heavy (non-hydrogen) atoms. The molecule has 0 aromatic rings. The topological polar surface area (TPSA) is 90.2 Å². The number of rotatable bonds is 11. The van der Waals surface area contributed by atoms with Gasteiger partial charge in [-0.05, 0) is 99.2 Å². The van der Waals surface area contributed by atoms with E-state index in [1.54, 1.807) is 0 Å². The van der Waals surface area contributed by atoms with Crippen LogP contribution in [0.4, 0.5) is 0 Å². The van der Waals surface area contributed by atoms with Gasteiger partial charge in [0, 0.05) is 19.6 Å². The van der Waals surface area contributed by atoms with Crippen LogP contribution in [-0.2, 0) is 4.74 Å². The number of hydrogen-bond donors (Lipinski definition) is 4. The Bertz CT molecular complexity index is 791. The lowest BCUT2D eigenvalue weighted by Crippen LogP contribution is -2.44. The number of allylic oxidation sites excluding steroid dienone is 4. The van der Waals surface area contributed by atoms with E-state index in [-0.39, 0.29) is 6.61 Å². The average molecular weight is 491 g/mol. The van der Waals surface area contributed by atoms with Crippen LogP contribution in [0.2, 0.25) is 0 Å². The summed E-state index contributed by atoms with van der Waals surface area (Å²) in [4.78, 5) is 0. The van der Waals surface area contributed by atoms with Crippen LogP contribution in [0.1, 0.15) is 92.4 Å². The predicted molar refractivity (Wildman–Crippen MR) is 141 cm³/mol. The number of aliphatic hydroxyl groups excluding tert-OH is 3. The van der Waals surface area contributed by atoms with Gasteiger partial charge >= 0.3 is 0 Å². The Kier molecular flexibility index (Phi) is 9.84. The first-order valence-corrected chi connectivity index (χ1v) is 13.9. The minimum absolute atomic E-state index is 0.0391. The smallest absolute Gasteiger partial charge is 0.113 e. The molecular weight excluding hydrogens is 440 g/mol. The van der Waals surface area contributed by atoms with Gasteiger partial charge in [-0.3, -0.25) is 0 Å². The van der Waals surface area contributed by atoms with Crippen LogP contribution in [0.25, 0.3) is 0 Å². The van der Waals surface area contributed by atoms with Crippen molar-refractivity contribution in [1.82, 2.24) is 0 Å². The molecule has 7 atom stereocenters. The minimum Gasteiger partial charge on any atom is -0.396 e. The van der Waals surface area contributed by atoms with E-state index < -0.39 is 23.9 Å². The number of ether oxygens (including phenoxy) is 1. The second kappa shape index (κ2) is 12.0. The van der Waals surface area contributed by atoms with Crippen LogP contribution in [0.15, 0.2) is 34.9 Å². The fraction of sp³-hybridized carbons (Fsp3) is 0.800. The van der Waals surface area contributed by atoms with E-state index in [0.717, 1.165) is 30.4 Å². The third-order valence-corrected chi connectivity index (χ3v) is 9.17. The predicted octanol–water partition coefficient (Wildman–Crippen LogP) is 5.08. The van der Waals surface area contributed by atoms with E-state index in [2.05, 4.69) is 32.1 Å². The summed E-state index contributed by atoms with van der Waals surface area (Å²) >= 11 is 0. The second-order valence-corrected chi connectivity index (χ2v) is 12.3. The van der Waals surface area contributed by atoms with Crippen LogP contribution in [0, 0.1) is 23.2 Å². The number of hydrogen-bond acceptors (Lipinski definition) is 5. The maximum atomic E-state index is 10.8. The Morgan fingerprint density at radius 3 is 2.63 bits per heavy atom. The summed E-state index contributed by atoms with van der Waals surface area (Å²) in [7, 11) is 0. The van der Waals surface area contributed by atoms with Crippen LogP contribution < -0.4 is 0 Å². The molecule has 0 unspecified atom stereocenters. The van der Waals surface area contributed by atoms with Crippen LogP contribution in [0.3, 0.4) is 0 Å². The monoisotopic (exact) mass is 490 g/mol. The third-order valence-electron chi connectivity index (χ3n) is 9.17. The summed E-state index contributed by atoms with van der Waals surface area (Å²) in [6.45, 7) is 11.0. The van der Waals surface area contributed by atoms with Gasteiger partial charge in [-0.15, -0.1) is 0 Å². The standard InChI is InChI=1S/C30H50O5/c1-20(9-6-15-29(3,4)34)24-13-14-25-22(10-7-16-30(24,25)5)11-12-23-19-26(32)28(27(33)21(23)2)35-18-8-17-31/h10-12,20,24-28,31-34H,6-9,13-19H2,1-5H3/b12-11-/t20-,24-,25-,26-,27-,28+,30-/m1/s1. The normalized spacial score (nSPS) is 34.9. The highest BCUT2D eigenvalue weighted by Gasteiger charge is 2.49. The molecule has 0 aromatic carbocycles. The number of aliphatic hydroxyl groups is 4. The summed E-state index contributed by atoms with van der Waals surface area (Å²) in [5, 5.41) is 40.4. The van der Waals surface area contributed by atoms with Crippen molar-refractivity contribution in [1.29, 1.82) is 0 Å². The van der Waals surface area contributed by atoms with Crippen molar-refractivity contribution < 1.29 is 25.2 Å². The maximum absolute atomic E-state index is 10.8. The molecular formula is C30H50O5. The molecule has 1 saturated carbocycles. The first-order chi connectivity index (χ1) is 16.5. The third kappa shape index (κ3) is 6.87. The first-order valence-electron chi connectivity index (χ1n) is 13.9. The van der Waals surface area contributed by atoms with Crippen LogP contribution in [0.5, 0.6) is 0 Å². The van der Waals surface area contributed by atoms with Crippen LogP contribution in [-0.4, -0.2) is 57.6 Å². The van der Waals surface area contributed by atoms with Gasteiger partial charge in [0.2, 0.25) is 0 Å². The Balaban J connectivity index is 1.66. The molecule has 0 aliphatic heterocycles. The molecule has 0 bridgehead atoms. The summed E-state index contributed by atoms with van der Waals surface area (Å²) in [6, 6.07) is 0. The van der Waals surface area contributed by atoms with E-state index in [9.17, 15) is 15.3 Å². The molecule has 3 aliphatic rings. The fourth-order valence-electron chi connectivity index (χ4n) is 7.07. The average Bonchev–Trinajstić information content (AvgIpc) is 3.14. The SMILES string of the molecule is CC1=C(/C=C\C2=CCC[C@@]3(C)[C@@H]2CC[C@@H]3[C@H](C)CCCC(C)(C)O)C[C@@H](O)[C@H](OCCCO)[C@@H]1O. The lowest BCUT2D eigenvalue weighted by Gasteiger charge is -2.43. The van der Waals surface area contributed by atoms with Crippen molar-refractivity contribution in [3.63, 3.8) is 0 Å². The van der Waals surface area contributed by atoms with E-state index in [0.29, 0.717) is 42.6 Å². The van der Waals surface area contributed by atoms with Gasteiger partial charge in [-0.2, -0.15) is 0 Å². The molecule has 1 fully saturated rings. The zero-order chi connectivity index (χ0) is 25.8. The zero-order valence-corrected chi connectivity index (χ0v) is 22.7. The lowest BCUT2D eigenvalue weighted by molar-refractivity contribution is -0.0958. The zero-order valence-electron chi connectivity index (χ0n) is 22.7.